The molecule has 5 heteroatoms. The number of nitrogens with one attached hydrogen (secondary N) is 2. The Hall–Kier alpha value is -2.66. The third-order valence-electron chi connectivity index (χ3n) is 3.98. The van der Waals surface area contributed by atoms with Crippen LogP contribution in [-0.2, 0) is 21.6 Å². The summed E-state index contributed by atoms with van der Waals surface area (Å²) in [5.41, 5.74) is 1.04. The molecule has 0 saturated carbocycles. The number of hydrogen-bond donors (Lipinski definition) is 3. The average molecular weight is 340 g/mol. The molecule has 0 heterocycles. The Kier molecular flexibility index (Phi) is 6.31. The second kappa shape index (κ2) is 8.44. The van der Waals surface area contributed by atoms with Crippen LogP contribution in [0.15, 0.2) is 54.6 Å². The van der Waals surface area contributed by atoms with Gasteiger partial charge in [0.15, 0.2) is 0 Å². The highest BCUT2D eigenvalue weighted by Crippen LogP contribution is 2.19. The SMILES string of the molecule is CCCc1ccccc1NC(=O)C(=O)NCC(C)(O)c1ccccc1. The van der Waals surface area contributed by atoms with Crippen LogP contribution >= 0.6 is 0 Å². The molecule has 5 nitrogen and oxygen atoms in total. The third kappa shape index (κ3) is 5.16. The fourth-order valence-corrected chi connectivity index (χ4v) is 2.54. The van der Waals surface area contributed by atoms with Crippen molar-refractivity contribution in [1.29, 1.82) is 0 Å². The second-order valence-electron chi connectivity index (χ2n) is 6.18. The van der Waals surface area contributed by atoms with E-state index in [1.54, 1.807) is 25.1 Å². The van der Waals surface area contributed by atoms with Gasteiger partial charge in [-0.2, -0.15) is 0 Å². The van der Waals surface area contributed by atoms with Crippen molar-refractivity contribution in [3.05, 3.63) is 65.7 Å². The number of carbonyl (C=O) groups excluding carboxylic acids is 2. The Morgan fingerprint density at radius 2 is 1.64 bits per heavy atom. The lowest BCUT2D eigenvalue weighted by atomic mass is 9.96. The Bertz CT molecular complexity index is 727. The summed E-state index contributed by atoms with van der Waals surface area (Å²) < 4.78 is 0. The molecule has 0 saturated heterocycles. The summed E-state index contributed by atoms with van der Waals surface area (Å²) in [6.45, 7) is 3.59. The van der Waals surface area contributed by atoms with E-state index >= 15 is 0 Å². The summed E-state index contributed by atoms with van der Waals surface area (Å²) in [7, 11) is 0. The van der Waals surface area contributed by atoms with Crippen molar-refractivity contribution in [2.45, 2.75) is 32.3 Å². The van der Waals surface area contributed by atoms with Gasteiger partial charge in [0.1, 0.15) is 5.60 Å². The maximum atomic E-state index is 12.1. The summed E-state index contributed by atoms with van der Waals surface area (Å²) in [5.74, 6) is -1.52. The Labute approximate surface area is 148 Å². The number of benzene rings is 2. The van der Waals surface area contributed by atoms with Crippen LogP contribution in [0.25, 0.3) is 0 Å². The molecule has 0 aliphatic rings. The molecular weight excluding hydrogens is 316 g/mol. The van der Waals surface area contributed by atoms with Crippen molar-refractivity contribution in [2.24, 2.45) is 0 Å². The minimum atomic E-state index is -1.25. The highest BCUT2D eigenvalue weighted by atomic mass is 16.3. The maximum Gasteiger partial charge on any atom is 0.313 e. The van der Waals surface area contributed by atoms with Crippen molar-refractivity contribution in [3.8, 4) is 0 Å². The Balaban J connectivity index is 1.96. The van der Waals surface area contributed by atoms with Crippen LogP contribution in [0.3, 0.4) is 0 Å². The van der Waals surface area contributed by atoms with E-state index in [-0.39, 0.29) is 6.54 Å². The molecule has 2 aromatic rings. The van der Waals surface area contributed by atoms with Gasteiger partial charge in [-0.1, -0.05) is 61.9 Å². The van der Waals surface area contributed by atoms with Gasteiger partial charge in [-0.15, -0.1) is 0 Å². The minimum Gasteiger partial charge on any atom is -0.384 e. The zero-order chi connectivity index (χ0) is 18.3. The molecule has 0 aliphatic carbocycles. The van der Waals surface area contributed by atoms with Gasteiger partial charge in [-0.25, -0.2) is 0 Å². The zero-order valence-corrected chi connectivity index (χ0v) is 14.6. The number of amides is 2. The lowest BCUT2D eigenvalue weighted by Crippen LogP contribution is -2.43. The highest BCUT2D eigenvalue weighted by Gasteiger charge is 2.25. The lowest BCUT2D eigenvalue weighted by molar-refractivity contribution is -0.136. The highest BCUT2D eigenvalue weighted by molar-refractivity contribution is 6.39. The van der Waals surface area contributed by atoms with E-state index in [0.29, 0.717) is 11.3 Å². The Morgan fingerprint density at radius 1 is 1.00 bits per heavy atom. The first-order valence-corrected chi connectivity index (χ1v) is 8.39. The molecule has 2 aromatic carbocycles. The summed E-state index contributed by atoms with van der Waals surface area (Å²) in [6.07, 6.45) is 1.76. The molecule has 0 fully saturated rings. The molecule has 0 bridgehead atoms. The van der Waals surface area contributed by atoms with Crippen molar-refractivity contribution < 1.29 is 14.7 Å². The zero-order valence-electron chi connectivity index (χ0n) is 14.6. The van der Waals surface area contributed by atoms with Crippen molar-refractivity contribution >= 4 is 17.5 Å². The molecular formula is C20H24N2O3. The molecule has 1 unspecified atom stereocenters. The van der Waals surface area contributed by atoms with E-state index in [9.17, 15) is 14.7 Å². The van der Waals surface area contributed by atoms with Crippen molar-refractivity contribution in [2.75, 3.05) is 11.9 Å². The fraction of sp³-hybridized carbons (Fsp3) is 0.300. The van der Waals surface area contributed by atoms with Crippen LogP contribution in [0.4, 0.5) is 5.69 Å². The van der Waals surface area contributed by atoms with E-state index in [0.717, 1.165) is 18.4 Å². The number of aryl methyl sites for hydroxylation is 1. The average Bonchev–Trinajstić information content (AvgIpc) is 2.62. The van der Waals surface area contributed by atoms with Crippen LogP contribution in [0.1, 0.15) is 31.4 Å². The standard InChI is InChI=1S/C20H24N2O3/c1-3-9-15-10-7-8-13-17(15)22-19(24)18(23)21-14-20(2,25)16-11-5-4-6-12-16/h4-8,10-13,25H,3,9,14H2,1-2H3,(H,21,23)(H,22,24). The number of aliphatic hydroxyl groups is 1. The predicted octanol–water partition coefficient (Wildman–Crippen LogP) is 2.60. The van der Waals surface area contributed by atoms with Gasteiger partial charge in [0.05, 0.1) is 6.54 Å². The fourth-order valence-electron chi connectivity index (χ4n) is 2.54. The number of rotatable bonds is 6. The molecule has 2 amide bonds. The quantitative estimate of drug-likeness (QED) is 0.707. The van der Waals surface area contributed by atoms with Crippen LogP contribution in [-0.4, -0.2) is 23.5 Å². The summed E-state index contributed by atoms with van der Waals surface area (Å²) in [6, 6.07) is 16.4. The van der Waals surface area contributed by atoms with Crippen molar-refractivity contribution in [3.63, 3.8) is 0 Å². The number of hydrogen-bond acceptors (Lipinski definition) is 3. The largest absolute Gasteiger partial charge is 0.384 e. The van der Waals surface area contributed by atoms with E-state index < -0.39 is 17.4 Å². The van der Waals surface area contributed by atoms with Gasteiger partial charge in [-0.05, 0) is 30.5 Å². The number of anilines is 1. The summed E-state index contributed by atoms with van der Waals surface area (Å²) in [5, 5.41) is 15.6. The smallest absolute Gasteiger partial charge is 0.313 e. The van der Waals surface area contributed by atoms with E-state index in [4.69, 9.17) is 0 Å². The molecule has 2 rings (SSSR count). The second-order valence-corrected chi connectivity index (χ2v) is 6.18. The topological polar surface area (TPSA) is 78.4 Å². The number of para-hydroxylation sites is 1. The molecule has 0 aliphatic heterocycles. The van der Waals surface area contributed by atoms with E-state index in [1.807, 2.05) is 36.4 Å². The molecule has 0 aromatic heterocycles. The van der Waals surface area contributed by atoms with Gasteiger partial charge < -0.3 is 15.7 Å². The van der Waals surface area contributed by atoms with Crippen LogP contribution in [0.5, 0.6) is 0 Å². The predicted molar refractivity (Wildman–Crippen MR) is 98.1 cm³/mol. The minimum absolute atomic E-state index is 0.0557. The molecule has 25 heavy (non-hydrogen) atoms. The van der Waals surface area contributed by atoms with Crippen molar-refractivity contribution in [1.82, 2.24) is 5.32 Å². The van der Waals surface area contributed by atoms with Crippen LogP contribution in [0.2, 0.25) is 0 Å². The first-order chi connectivity index (χ1) is 11.9. The van der Waals surface area contributed by atoms with Gasteiger partial charge in [-0.3, -0.25) is 9.59 Å². The molecule has 0 radical (unpaired) electrons. The van der Waals surface area contributed by atoms with Gasteiger partial charge in [0.25, 0.3) is 0 Å². The van der Waals surface area contributed by atoms with Gasteiger partial charge >= 0.3 is 11.8 Å². The number of carbonyl (C=O) groups is 2. The summed E-state index contributed by atoms with van der Waals surface area (Å²) >= 11 is 0. The molecule has 0 spiro atoms. The third-order valence-corrected chi connectivity index (χ3v) is 3.98. The first-order valence-electron chi connectivity index (χ1n) is 8.39. The van der Waals surface area contributed by atoms with Crippen LogP contribution in [0, 0.1) is 0 Å². The molecule has 132 valence electrons. The maximum absolute atomic E-state index is 12.1. The first kappa shape index (κ1) is 18.7. The van der Waals surface area contributed by atoms with E-state index in [2.05, 4.69) is 17.6 Å². The summed E-state index contributed by atoms with van der Waals surface area (Å²) in [4.78, 5) is 24.2. The monoisotopic (exact) mass is 340 g/mol. The van der Waals surface area contributed by atoms with E-state index in [1.165, 1.54) is 0 Å². The van der Waals surface area contributed by atoms with Crippen LogP contribution < -0.4 is 10.6 Å². The molecule has 1 atom stereocenters. The van der Waals surface area contributed by atoms with Gasteiger partial charge in [0.2, 0.25) is 0 Å². The normalized spacial score (nSPS) is 12.9. The lowest BCUT2D eigenvalue weighted by Gasteiger charge is -2.24. The van der Waals surface area contributed by atoms with Gasteiger partial charge in [0, 0.05) is 5.69 Å². The molecule has 3 N–H and O–H groups in total. The Morgan fingerprint density at radius 3 is 2.32 bits per heavy atom.